The van der Waals surface area contributed by atoms with E-state index in [1.165, 1.54) is 12.0 Å². The Kier molecular flexibility index (Phi) is 7.18. The summed E-state index contributed by atoms with van der Waals surface area (Å²) in [6.07, 6.45) is -9.26. The van der Waals surface area contributed by atoms with Crippen molar-refractivity contribution in [2.75, 3.05) is 18.6 Å². The molecule has 0 saturated carbocycles. The average Bonchev–Trinajstić information content (AvgIpc) is 3.11. The van der Waals surface area contributed by atoms with Gasteiger partial charge in [0.2, 0.25) is 0 Å². The summed E-state index contributed by atoms with van der Waals surface area (Å²) in [5.41, 5.74) is -1.96. The van der Waals surface area contributed by atoms with Crippen molar-refractivity contribution in [2.24, 2.45) is 0 Å². The van der Waals surface area contributed by atoms with Gasteiger partial charge in [0.05, 0.1) is 34.6 Å². The van der Waals surface area contributed by atoms with Crippen LogP contribution in [-0.4, -0.2) is 18.6 Å². The van der Waals surface area contributed by atoms with Crippen LogP contribution in [0.2, 0.25) is 5.02 Å². The van der Waals surface area contributed by atoms with Gasteiger partial charge in [-0.3, -0.25) is 0 Å². The average molecular weight is 509 g/mol. The number of thiazole rings is 1. The molecule has 1 aromatic heterocycles. The first-order chi connectivity index (χ1) is 15.4. The number of hydrogen-bond donors (Lipinski definition) is 0. The molecular formula is C22H19ClF6N2OS. The van der Waals surface area contributed by atoms with Gasteiger partial charge in [-0.05, 0) is 49.7 Å². The molecule has 0 bridgehead atoms. The number of anilines is 2. The van der Waals surface area contributed by atoms with Gasteiger partial charge in [0.25, 0.3) is 0 Å². The summed E-state index contributed by atoms with van der Waals surface area (Å²) in [5.74, 6) is 0.517. The first kappa shape index (κ1) is 25.2. The van der Waals surface area contributed by atoms with Crippen molar-refractivity contribution < 1.29 is 31.1 Å². The minimum Gasteiger partial charge on any atom is -0.497 e. The lowest BCUT2D eigenvalue weighted by Crippen LogP contribution is -2.23. The molecule has 1 heterocycles. The second-order valence-corrected chi connectivity index (χ2v) is 8.71. The van der Waals surface area contributed by atoms with Crippen molar-refractivity contribution in [3.8, 4) is 17.0 Å². The van der Waals surface area contributed by atoms with Crippen LogP contribution in [0.3, 0.4) is 0 Å². The molecule has 0 aliphatic rings. The smallest absolute Gasteiger partial charge is 0.418 e. The molecule has 0 aliphatic heterocycles. The van der Waals surface area contributed by atoms with E-state index in [0.29, 0.717) is 51.5 Å². The second kappa shape index (κ2) is 9.42. The van der Waals surface area contributed by atoms with E-state index in [4.69, 9.17) is 16.3 Å². The van der Waals surface area contributed by atoms with Crippen molar-refractivity contribution in [3.05, 3.63) is 57.4 Å². The van der Waals surface area contributed by atoms with Crippen molar-refractivity contribution in [2.45, 2.75) is 32.6 Å². The van der Waals surface area contributed by atoms with Crippen molar-refractivity contribution in [3.63, 3.8) is 0 Å². The molecule has 0 unspecified atom stereocenters. The molecule has 0 saturated heterocycles. The number of ether oxygens (including phenoxy) is 1. The highest BCUT2D eigenvalue weighted by Gasteiger charge is 2.39. The van der Waals surface area contributed by atoms with E-state index < -0.39 is 29.2 Å². The van der Waals surface area contributed by atoms with Crippen LogP contribution in [0.5, 0.6) is 5.75 Å². The third kappa shape index (κ3) is 5.38. The van der Waals surface area contributed by atoms with Crippen LogP contribution in [0, 0.1) is 6.92 Å². The molecule has 0 fully saturated rings. The van der Waals surface area contributed by atoms with E-state index in [9.17, 15) is 26.3 Å². The van der Waals surface area contributed by atoms with Gasteiger partial charge < -0.3 is 9.64 Å². The maximum Gasteiger partial charge on any atom is 0.418 e. The zero-order valence-electron chi connectivity index (χ0n) is 17.7. The predicted octanol–water partition coefficient (Wildman–Crippen LogP) is 8.37. The van der Waals surface area contributed by atoms with Crippen LogP contribution < -0.4 is 9.64 Å². The quantitative estimate of drug-likeness (QED) is 0.313. The molecule has 0 N–H and O–H groups in total. The zero-order valence-corrected chi connectivity index (χ0v) is 19.3. The second-order valence-electron chi connectivity index (χ2n) is 7.13. The van der Waals surface area contributed by atoms with Crippen molar-refractivity contribution in [1.29, 1.82) is 0 Å². The van der Waals surface area contributed by atoms with E-state index in [-0.39, 0.29) is 11.7 Å². The van der Waals surface area contributed by atoms with Crippen LogP contribution in [0.1, 0.15) is 29.3 Å². The number of nitrogens with zero attached hydrogens (tertiary/aromatic N) is 2. The van der Waals surface area contributed by atoms with Gasteiger partial charge in [-0.1, -0.05) is 18.5 Å². The number of hydrogen-bond acceptors (Lipinski definition) is 4. The number of aryl methyl sites for hydroxylation is 1. The minimum absolute atomic E-state index is 0.0348. The van der Waals surface area contributed by atoms with Gasteiger partial charge in [-0.15, -0.1) is 11.3 Å². The standard InChI is InChI=1S/C22H19ClF6N2OS/c1-4-9-31(18-10-13(21(24,25)26)5-8-16(18)22(27,28)29)20-30-19(12(2)33-20)15-7-6-14(32-3)11-17(15)23/h5-8,10-11H,4,9H2,1-3H3. The van der Waals surface area contributed by atoms with Crippen molar-refractivity contribution in [1.82, 2.24) is 4.98 Å². The number of halogens is 7. The fraction of sp³-hybridized carbons (Fsp3) is 0.318. The number of rotatable bonds is 6. The summed E-state index contributed by atoms with van der Waals surface area (Å²) in [6.45, 7) is 3.47. The van der Waals surface area contributed by atoms with Gasteiger partial charge >= 0.3 is 12.4 Å². The van der Waals surface area contributed by atoms with Crippen LogP contribution in [0.25, 0.3) is 11.3 Å². The van der Waals surface area contributed by atoms with E-state index >= 15 is 0 Å². The molecule has 3 rings (SSSR count). The molecule has 11 heteroatoms. The highest BCUT2D eigenvalue weighted by atomic mass is 35.5. The molecule has 3 nitrogen and oxygen atoms in total. The van der Waals surface area contributed by atoms with E-state index in [1.807, 2.05) is 0 Å². The van der Waals surface area contributed by atoms with Crippen LogP contribution >= 0.6 is 22.9 Å². The molecule has 0 spiro atoms. The summed E-state index contributed by atoms with van der Waals surface area (Å²) in [5, 5.41) is 0.465. The number of alkyl halides is 6. The molecule has 0 amide bonds. The fourth-order valence-corrected chi connectivity index (χ4v) is 4.50. The van der Waals surface area contributed by atoms with E-state index in [0.717, 1.165) is 11.3 Å². The number of aromatic nitrogens is 1. The molecule has 33 heavy (non-hydrogen) atoms. The monoisotopic (exact) mass is 508 g/mol. The molecule has 2 aromatic carbocycles. The summed E-state index contributed by atoms with van der Waals surface area (Å²) < 4.78 is 86.2. The Morgan fingerprint density at radius 1 is 1.03 bits per heavy atom. The minimum atomic E-state index is -4.85. The SMILES string of the molecule is CCCN(c1nc(-c2ccc(OC)cc2Cl)c(C)s1)c1cc(C(F)(F)F)ccc1C(F)(F)F. The molecule has 178 valence electrons. The lowest BCUT2D eigenvalue weighted by molar-refractivity contribution is -0.141. The summed E-state index contributed by atoms with van der Waals surface area (Å²) in [4.78, 5) is 6.31. The highest BCUT2D eigenvalue weighted by molar-refractivity contribution is 7.16. The lowest BCUT2D eigenvalue weighted by atomic mass is 10.1. The highest BCUT2D eigenvalue weighted by Crippen LogP contribution is 2.45. The third-order valence-corrected chi connectivity index (χ3v) is 6.12. The predicted molar refractivity (Wildman–Crippen MR) is 118 cm³/mol. The van der Waals surface area contributed by atoms with E-state index in [1.54, 1.807) is 32.0 Å². The molecule has 0 atom stereocenters. The summed E-state index contributed by atoms with van der Waals surface area (Å²) in [7, 11) is 1.48. The Morgan fingerprint density at radius 3 is 2.27 bits per heavy atom. The zero-order chi connectivity index (χ0) is 24.6. The Hall–Kier alpha value is -2.46. The van der Waals surface area contributed by atoms with Crippen LogP contribution in [0.4, 0.5) is 37.2 Å². The number of methoxy groups -OCH3 is 1. The summed E-state index contributed by atoms with van der Waals surface area (Å²) >= 11 is 7.41. The largest absolute Gasteiger partial charge is 0.497 e. The first-order valence-electron chi connectivity index (χ1n) is 9.74. The molecule has 0 aliphatic carbocycles. The van der Waals surface area contributed by atoms with Crippen molar-refractivity contribution >= 4 is 33.8 Å². The normalized spacial score (nSPS) is 12.2. The Morgan fingerprint density at radius 2 is 1.73 bits per heavy atom. The Labute approximate surface area is 195 Å². The Balaban J connectivity index is 2.18. The van der Waals surface area contributed by atoms with Gasteiger partial charge in [0.1, 0.15) is 5.75 Å². The van der Waals surface area contributed by atoms with E-state index in [2.05, 4.69) is 4.98 Å². The lowest BCUT2D eigenvalue weighted by Gasteiger charge is -2.26. The van der Waals surface area contributed by atoms with Gasteiger partial charge in [0, 0.05) is 17.0 Å². The number of benzene rings is 2. The summed E-state index contributed by atoms with van der Waals surface area (Å²) in [6, 6.07) is 6.33. The van der Waals surface area contributed by atoms with Crippen LogP contribution in [-0.2, 0) is 12.4 Å². The molecule has 0 radical (unpaired) electrons. The van der Waals surface area contributed by atoms with Crippen LogP contribution in [0.15, 0.2) is 36.4 Å². The molecule has 3 aromatic rings. The van der Waals surface area contributed by atoms with Gasteiger partial charge in [0.15, 0.2) is 5.13 Å². The molecular weight excluding hydrogens is 490 g/mol. The maximum absolute atomic E-state index is 13.7. The third-order valence-electron chi connectivity index (χ3n) is 4.82. The Bertz CT molecular complexity index is 1140. The first-order valence-corrected chi connectivity index (χ1v) is 10.9. The maximum atomic E-state index is 13.7. The topological polar surface area (TPSA) is 25.4 Å². The fourth-order valence-electron chi connectivity index (χ4n) is 3.28. The van der Waals surface area contributed by atoms with Gasteiger partial charge in [-0.25, -0.2) is 4.98 Å². The van der Waals surface area contributed by atoms with Gasteiger partial charge in [-0.2, -0.15) is 26.3 Å².